The molecule has 2 aromatic carbocycles. The molecule has 1 heterocycles. The first-order chi connectivity index (χ1) is 10.6. The zero-order chi connectivity index (χ0) is 15.6. The molecule has 0 fully saturated rings. The zero-order valence-corrected chi connectivity index (χ0v) is 12.2. The maximum absolute atomic E-state index is 12.3. The van der Waals surface area contributed by atoms with Crippen molar-refractivity contribution in [3.8, 4) is 0 Å². The maximum Gasteiger partial charge on any atom is 0.257 e. The van der Waals surface area contributed by atoms with E-state index in [1.807, 2.05) is 42.5 Å². The highest BCUT2D eigenvalue weighted by atomic mass is 16.3. The van der Waals surface area contributed by atoms with Crippen LogP contribution in [0.25, 0.3) is 10.9 Å². The van der Waals surface area contributed by atoms with Crippen molar-refractivity contribution in [2.45, 2.75) is 19.1 Å². The number of benzene rings is 2. The number of aliphatic hydroxyl groups is 1. The van der Waals surface area contributed by atoms with Gasteiger partial charge in [-0.15, -0.1) is 0 Å². The van der Waals surface area contributed by atoms with Crippen LogP contribution in [0, 0.1) is 0 Å². The lowest BCUT2D eigenvalue weighted by atomic mass is 10.1. The molecule has 0 saturated carbocycles. The van der Waals surface area contributed by atoms with Gasteiger partial charge >= 0.3 is 0 Å². The van der Waals surface area contributed by atoms with Crippen molar-refractivity contribution in [2.24, 2.45) is 0 Å². The molecular formula is C17H17N3O2. The molecule has 2 N–H and O–H groups in total. The quantitative estimate of drug-likeness (QED) is 0.777. The summed E-state index contributed by atoms with van der Waals surface area (Å²) < 4.78 is 1.64. The lowest BCUT2D eigenvalue weighted by Crippen LogP contribution is -2.43. The van der Waals surface area contributed by atoms with Crippen LogP contribution in [-0.4, -0.2) is 26.4 Å². The summed E-state index contributed by atoms with van der Waals surface area (Å²) in [7, 11) is 0. The summed E-state index contributed by atoms with van der Waals surface area (Å²) in [5.41, 5.74) is -0.0293. The number of hydrogen-bond donors (Lipinski definition) is 2. The SMILES string of the molecule is CC(O)(Cn1ncc2ccccc21)C(=O)Nc1ccccc1. The van der Waals surface area contributed by atoms with E-state index in [1.54, 1.807) is 23.0 Å². The van der Waals surface area contributed by atoms with Gasteiger partial charge in [-0.2, -0.15) is 5.10 Å². The summed E-state index contributed by atoms with van der Waals surface area (Å²) in [6, 6.07) is 16.7. The average Bonchev–Trinajstić information content (AvgIpc) is 2.91. The molecule has 0 aliphatic heterocycles. The molecular weight excluding hydrogens is 278 g/mol. The molecule has 0 radical (unpaired) electrons. The van der Waals surface area contributed by atoms with Crippen molar-refractivity contribution in [3.63, 3.8) is 0 Å². The van der Waals surface area contributed by atoms with Crippen LogP contribution in [0.1, 0.15) is 6.92 Å². The van der Waals surface area contributed by atoms with Gasteiger partial charge in [-0.25, -0.2) is 0 Å². The molecule has 0 spiro atoms. The molecule has 3 aromatic rings. The number of aromatic nitrogens is 2. The molecule has 5 nitrogen and oxygen atoms in total. The fraction of sp³-hybridized carbons (Fsp3) is 0.176. The van der Waals surface area contributed by atoms with Gasteiger partial charge in [-0.1, -0.05) is 36.4 Å². The molecule has 5 heteroatoms. The third-order valence-electron chi connectivity index (χ3n) is 3.53. The van der Waals surface area contributed by atoms with Gasteiger partial charge in [0.05, 0.1) is 18.3 Å². The molecule has 112 valence electrons. The lowest BCUT2D eigenvalue weighted by molar-refractivity contribution is -0.133. The Kier molecular flexibility index (Phi) is 3.65. The first-order valence-corrected chi connectivity index (χ1v) is 7.06. The number of nitrogens with zero attached hydrogens (tertiary/aromatic N) is 2. The normalized spacial score (nSPS) is 13.7. The summed E-state index contributed by atoms with van der Waals surface area (Å²) in [5, 5.41) is 18.4. The molecule has 1 amide bonds. The Morgan fingerprint density at radius 2 is 1.86 bits per heavy atom. The topological polar surface area (TPSA) is 67.1 Å². The number of anilines is 1. The van der Waals surface area contributed by atoms with E-state index in [4.69, 9.17) is 0 Å². The highest BCUT2D eigenvalue weighted by molar-refractivity contribution is 5.96. The van der Waals surface area contributed by atoms with Gasteiger partial charge < -0.3 is 10.4 Å². The second-order valence-electron chi connectivity index (χ2n) is 5.46. The monoisotopic (exact) mass is 295 g/mol. The molecule has 0 aliphatic carbocycles. The number of nitrogens with one attached hydrogen (secondary N) is 1. The van der Waals surface area contributed by atoms with E-state index in [9.17, 15) is 9.90 Å². The van der Waals surface area contributed by atoms with E-state index in [0.29, 0.717) is 5.69 Å². The van der Waals surface area contributed by atoms with Gasteiger partial charge in [0, 0.05) is 11.1 Å². The van der Waals surface area contributed by atoms with Crippen molar-refractivity contribution >= 4 is 22.5 Å². The minimum absolute atomic E-state index is 0.0825. The van der Waals surface area contributed by atoms with Gasteiger partial charge in [0.1, 0.15) is 0 Å². The smallest absolute Gasteiger partial charge is 0.257 e. The third-order valence-corrected chi connectivity index (χ3v) is 3.53. The third kappa shape index (κ3) is 2.84. The molecule has 0 aliphatic rings. The summed E-state index contributed by atoms with van der Waals surface area (Å²) in [4.78, 5) is 12.3. The number of carbonyl (C=O) groups is 1. The van der Waals surface area contributed by atoms with E-state index in [1.165, 1.54) is 6.92 Å². The zero-order valence-electron chi connectivity index (χ0n) is 12.2. The Balaban J connectivity index is 1.79. The van der Waals surface area contributed by atoms with Gasteiger partial charge in [-0.3, -0.25) is 9.48 Å². The molecule has 3 rings (SSSR count). The van der Waals surface area contributed by atoms with Gasteiger partial charge in [0.2, 0.25) is 0 Å². The van der Waals surface area contributed by atoms with E-state index < -0.39 is 11.5 Å². The summed E-state index contributed by atoms with van der Waals surface area (Å²) in [6.07, 6.45) is 1.72. The fourth-order valence-corrected chi connectivity index (χ4v) is 2.30. The van der Waals surface area contributed by atoms with E-state index in [-0.39, 0.29) is 6.54 Å². The predicted molar refractivity (Wildman–Crippen MR) is 85.4 cm³/mol. The van der Waals surface area contributed by atoms with Crippen LogP contribution in [0.5, 0.6) is 0 Å². The van der Waals surface area contributed by atoms with Crippen LogP contribution >= 0.6 is 0 Å². The van der Waals surface area contributed by atoms with Crippen molar-refractivity contribution in [3.05, 3.63) is 60.8 Å². The highest BCUT2D eigenvalue weighted by Crippen LogP contribution is 2.17. The minimum Gasteiger partial charge on any atom is -0.378 e. The fourth-order valence-electron chi connectivity index (χ4n) is 2.30. The number of para-hydroxylation sites is 2. The number of amides is 1. The Morgan fingerprint density at radius 3 is 2.64 bits per heavy atom. The van der Waals surface area contributed by atoms with Crippen LogP contribution in [0.4, 0.5) is 5.69 Å². The number of carbonyl (C=O) groups excluding carboxylic acids is 1. The molecule has 22 heavy (non-hydrogen) atoms. The second-order valence-corrected chi connectivity index (χ2v) is 5.46. The predicted octanol–water partition coefficient (Wildman–Crippen LogP) is 2.43. The van der Waals surface area contributed by atoms with Crippen LogP contribution < -0.4 is 5.32 Å². The van der Waals surface area contributed by atoms with Crippen LogP contribution in [-0.2, 0) is 11.3 Å². The van der Waals surface area contributed by atoms with Gasteiger partial charge in [-0.05, 0) is 25.1 Å². The first kappa shape index (κ1) is 14.3. The number of rotatable bonds is 4. The Labute approximate surface area is 128 Å². The Hall–Kier alpha value is -2.66. The Bertz CT molecular complexity index is 794. The minimum atomic E-state index is -1.56. The summed E-state index contributed by atoms with van der Waals surface area (Å²) in [6.45, 7) is 1.57. The molecule has 0 saturated heterocycles. The second kappa shape index (κ2) is 5.61. The Morgan fingerprint density at radius 1 is 1.18 bits per heavy atom. The van der Waals surface area contributed by atoms with Crippen LogP contribution in [0.15, 0.2) is 60.8 Å². The van der Waals surface area contributed by atoms with Crippen LogP contribution in [0.2, 0.25) is 0 Å². The standard InChI is InChI=1S/C17H17N3O2/c1-17(22,16(21)19-14-8-3-2-4-9-14)12-20-15-10-6-5-7-13(15)11-18-20/h2-11,22H,12H2,1H3,(H,19,21). The lowest BCUT2D eigenvalue weighted by Gasteiger charge is -2.22. The first-order valence-electron chi connectivity index (χ1n) is 7.06. The van der Waals surface area contributed by atoms with Crippen molar-refractivity contribution in [1.82, 2.24) is 9.78 Å². The average molecular weight is 295 g/mol. The van der Waals surface area contributed by atoms with E-state index >= 15 is 0 Å². The number of hydrogen-bond acceptors (Lipinski definition) is 3. The van der Waals surface area contributed by atoms with E-state index in [2.05, 4.69) is 10.4 Å². The van der Waals surface area contributed by atoms with Gasteiger partial charge in [0.15, 0.2) is 5.60 Å². The molecule has 0 bridgehead atoms. The molecule has 1 aromatic heterocycles. The van der Waals surface area contributed by atoms with E-state index in [0.717, 1.165) is 10.9 Å². The van der Waals surface area contributed by atoms with Crippen LogP contribution in [0.3, 0.4) is 0 Å². The number of fused-ring (bicyclic) bond motifs is 1. The summed E-state index contributed by atoms with van der Waals surface area (Å²) >= 11 is 0. The largest absolute Gasteiger partial charge is 0.378 e. The van der Waals surface area contributed by atoms with Crippen molar-refractivity contribution < 1.29 is 9.90 Å². The van der Waals surface area contributed by atoms with Gasteiger partial charge in [0.25, 0.3) is 5.91 Å². The molecule has 1 unspecified atom stereocenters. The highest BCUT2D eigenvalue weighted by Gasteiger charge is 2.31. The van der Waals surface area contributed by atoms with Crippen molar-refractivity contribution in [2.75, 3.05) is 5.32 Å². The maximum atomic E-state index is 12.3. The van der Waals surface area contributed by atoms with Crippen molar-refractivity contribution in [1.29, 1.82) is 0 Å². The molecule has 1 atom stereocenters. The summed E-state index contributed by atoms with van der Waals surface area (Å²) in [5.74, 6) is -0.460.